The molecule has 0 atom stereocenters. The summed E-state index contributed by atoms with van der Waals surface area (Å²) in [5.41, 5.74) is 2.60. The third kappa shape index (κ3) is 1.80. The topological polar surface area (TPSA) is 20.2 Å². The van der Waals surface area contributed by atoms with Gasteiger partial charge in [-0.3, -0.25) is 0 Å². The van der Waals surface area contributed by atoms with E-state index >= 15 is 0 Å². The number of phenols is 1. The van der Waals surface area contributed by atoms with E-state index in [1.54, 1.807) is 0 Å². The zero-order valence-electron chi connectivity index (χ0n) is 7.52. The van der Waals surface area contributed by atoms with E-state index in [2.05, 4.69) is 0 Å². The van der Waals surface area contributed by atoms with Gasteiger partial charge in [0.05, 0.1) is 5.02 Å². The second kappa shape index (κ2) is 3.59. The number of halogens is 1. The van der Waals surface area contributed by atoms with Crippen LogP contribution in [0.4, 0.5) is 0 Å². The highest BCUT2D eigenvalue weighted by molar-refractivity contribution is 6.32. The molecule has 1 aliphatic carbocycles. The second-order valence-corrected chi connectivity index (χ2v) is 4.04. The zero-order chi connectivity index (χ0) is 9.26. The maximum atomic E-state index is 9.44. The lowest BCUT2D eigenvalue weighted by Crippen LogP contribution is -1.90. The molecule has 0 spiro atoms. The molecular formula is C11H13ClO. The molecule has 1 N–H and O–H groups in total. The van der Waals surface area contributed by atoms with Crippen LogP contribution in [-0.2, 0) is 12.8 Å². The van der Waals surface area contributed by atoms with Gasteiger partial charge in [-0.1, -0.05) is 18.0 Å². The van der Waals surface area contributed by atoms with Crippen LogP contribution in [0.1, 0.15) is 30.4 Å². The maximum Gasteiger partial charge on any atom is 0.134 e. The van der Waals surface area contributed by atoms with E-state index in [1.807, 2.05) is 12.1 Å². The smallest absolute Gasteiger partial charge is 0.134 e. The highest BCUT2D eigenvalue weighted by atomic mass is 35.5. The molecule has 0 saturated heterocycles. The van der Waals surface area contributed by atoms with E-state index in [9.17, 15) is 5.11 Å². The molecule has 1 aromatic rings. The molecular weight excluding hydrogens is 184 g/mol. The zero-order valence-corrected chi connectivity index (χ0v) is 8.27. The summed E-state index contributed by atoms with van der Waals surface area (Å²) in [6.45, 7) is 0. The number of rotatable bonds is 0. The fourth-order valence-corrected chi connectivity index (χ4v) is 2.11. The number of hydrogen-bond donors (Lipinski definition) is 1. The van der Waals surface area contributed by atoms with E-state index < -0.39 is 0 Å². The van der Waals surface area contributed by atoms with Crippen molar-refractivity contribution in [3.05, 3.63) is 28.3 Å². The summed E-state index contributed by atoms with van der Waals surface area (Å²) in [5.74, 6) is 0.224. The monoisotopic (exact) mass is 196 g/mol. The van der Waals surface area contributed by atoms with Crippen molar-refractivity contribution in [1.82, 2.24) is 0 Å². The first-order valence-electron chi connectivity index (χ1n) is 4.77. The molecule has 2 rings (SSSR count). The van der Waals surface area contributed by atoms with Crippen LogP contribution in [0.5, 0.6) is 5.75 Å². The van der Waals surface area contributed by atoms with Crippen LogP contribution in [0.3, 0.4) is 0 Å². The van der Waals surface area contributed by atoms with Crippen molar-refractivity contribution >= 4 is 11.6 Å². The van der Waals surface area contributed by atoms with Crippen molar-refractivity contribution in [3.63, 3.8) is 0 Å². The van der Waals surface area contributed by atoms with Crippen LogP contribution in [0.2, 0.25) is 5.02 Å². The first kappa shape index (κ1) is 8.89. The summed E-state index contributed by atoms with van der Waals surface area (Å²) in [4.78, 5) is 0. The Bertz CT molecular complexity index is 289. The highest BCUT2D eigenvalue weighted by Crippen LogP contribution is 2.30. The Morgan fingerprint density at radius 2 is 1.62 bits per heavy atom. The van der Waals surface area contributed by atoms with Crippen molar-refractivity contribution in [3.8, 4) is 5.75 Å². The van der Waals surface area contributed by atoms with E-state index in [1.165, 1.54) is 30.4 Å². The number of phenolic OH excluding ortho intramolecular Hbond substituents is 1. The SMILES string of the molecule is Oc1cc2c(cc1Cl)CCCCC2. The molecule has 1 nitrogen and oxygen atoms in total. The summed E-state index contributed by atoms with van der Waals surface area (Å²) in [7, 11) is 0. The van der Waals surface area contributed by atoms with E-state index in [4.69, 9.17) is 11.6 Å². The highest BCUT2D eigenvalue weighted by Gasteiger charge is 2.10. The molecule has 0 saturated carbocycles. The fourth-order valence-electron chi connectivity index (χ4n) is 1.92. The number of benzene rings is 1. The van der Waals surface area contributed by atoms with Crippen molar-refractivity contribution < 1.29 is 5.11 Å². The minimum Gasteiger partial charge on any atom is -0.506 e. The standard InChI is InChI=1S/C11H13ClO/c12-10-6-8-4-2-1-3-5-9(8)7-11(10)13/h6-7,13H,1-5H2. The van der Waals surface area contributed by atoms with Gasteiger partial charge >= 0.3 is 0 Å². The third-order valence-corrected chi connectivity index (χ3v) is 2.96. The lowest BCUT2D eigenvalue weighted by atomic mass is 10.0. The van der Waals surface area contributed by atoms with Gasteiger partial charge in [-0.2, -0.15) is 0 Å². The summed E-state index contributed by atoms with van der Waals surface area (Å²) in [6, 6.07) is 3.74. The van der Waals surface area contributed by atoms with Gasteiger partial charge in [-0.15, -0.1) is 0 Å². The van der Waals surface area contributed by atoms with Crippen LogP contribution in [0, 0.1) is 0 Å². The van der Waals surface area contributed by atoms with E-state index in [-0.39, 0.29) is 5.75 Å². The van der Waals surface area contributed by atoms with Crippen molar-refractivity contribution in [2.45, 2.75) is 32.1 Å². The van der Waals surface area contributed by atoms with Crippen molar-refractivity contribution in [2.24, 2.45) is 0 Å². The Morgan fingerprint density at radius 3 is 2.31 bits per heavy atom. The molecule has 1 aliphatic rings. The van der Waals surface area contributed by atoms with Gasteiger partial charge in [-0.05, 0) is 48.9 Å². The molecule has 2 heteroatoms. The first-order valence-corrected chi connectivity index (χ1v) is 5.15. The molecule has 1 aromatic carbocycles. The molecule has 0 aliphatic heterocycles. The molecule has 0 aromatic heterocycles. The molecule has 0 amide bonds. The quantitative estimate of drug-likeness (QED) is 0.632. The average Bonchev–Trinajstić information content (AvgIpc) is 2.31. The van der Waals surface area contributed by atoms with E-state index in [0.29, 0.717) is 5.02 Å². The van der Waals surface area contributed by atoms with Crippen LogP contribution in [0.15, 0.2) is 12.1 Å². The van der Waals surface area contributed by atoms with Gasteiger partial charge in [0.2, 0.25) is 0 Å². The maximum absolute atomic E-state index is 9.44. The predicted molar refractivity (Wildman–Crippen MR) is 54.4 cm³/mol. The molecule has 0 radical (unpaired) electrons. The van der Waals surface area contributed by atoms with Gasteiger partial charge < -0.3 is 5.11 Å². The van der Waals surface area contributed by atoms with Gasteiger partial charge in [0, 0.05) is 0 Å². The van der Waals surface area contributed by atoms with Gasteiger partial charge in [0.1, 0.15) is 5.75 Å². The minimum atomic E-state index is 0.224. The molecule has 0 heterocycles. The lowest BCUT2D eigenvalue weighted by molar-refractivity contribution is 0.474. The van der Waals surface area contributed by atoms with Crippen LogP contribution >= 0.6 is 11.6 Å². The fraction of sp³-hybridized carbons (Fsp3) is 0.455. The normalized spacial score (nSPS) is 16.4. The molecule has 0 bridgehead atoms. The molecule has 13 heavy (non-hydrogen) atoms. The Labute approximate surface area is 83.3 Å². The van der Waals surface area contributed by atoms with Crippen LogP contribution in [-0.4, -0.2) is 5.11 Å². The second-order valence-electron chi connectivity index (χ2n) is 3.63. The molecule has 70 valence electrons. The summed E-state index contributed by atoms with van der Waals surface area (Å²) < 4.78 is 0. The third-order valence-electron chi connectivity index (χ3n) is 2.66. The lowest BCUT2D eigenvalue weighted by Gasteiger charge is -2.06. The van der Waals surface area contributed by atoms with Gasteiger partial charge in [0.25, 0.3) is 0 Å². The Morgan fingerprint density at radius 1 is 1.00 bits per heavy atom. The molecule has 0 fully saturated rings. The summed E-state index contributed by atoms with van der Waals surface area (Å²) in [6.07, 6.45) is 5.95. The largest absolute Gasteiger partial charge is 0.506 e. The number of aryl methyl sites for hydroxylation is 2. The minimum absolute atomic E-state index is 0.224. The summed E-state index contributed by atoms with van der Waals surface area (Å²) in [5, 5.41) is 9.92. The van der Waals surface area contributed by atoms with Crippen molar-refractivity contribution in [2.75, 3.05) is 0 Å². The van der Waals surface area contributed by atoms with Gasteiger partial charge in [0.15, 0.2) is 0 Å². The number of aromatic hydroxyl groups is 1. The van der Waals surface area contributed by atoms with Crippen LogP contribution < -0.4 is 0 Å². The van der Waals surface area contributed by atoms with E-state index in [0.717, 1.165) is 12.8 Å². The summed E-state index contributed by atoms with van der Waals surface area (Å²) >= 11 is 5.85. The number of hydrogen-bond acceptors (Lipinski definition) is 1. The first-order chi connectivity index (χ1) is 6.27. The Balaban J connectivity index is 2.43. The van der Waals surface area contributed by atoms with Crippen molar-refractivity contribution in [1.29, 1.82) is 0 Å². The number of fused-ring (bicyclic) bond motifs is 1. The molecule has 0 unspecified atom stereocenters. The van der Waals surface area contributed by atoms with Crippen LogP contribution in [0.25, 0.3) is 0 Å². The van der Waals surface area contributed by atoms with Gasteiger partial charge in [-0.25, -0.2) is 0 Å². The predicted octanol–water partition coefficient (Wildman–Crippen LogP) is 3.31. The Kier molecular flexibility index (Phi) is 2.45. The Hall–Kier alpha value is -0.690. The average molecular weight is 197 g/mol.